The summed E-state index contributed by atoms with van der Waals surface area (Å²) in [6.07, 6.45) is 0.588. The summed E-state index contributed by atoms with van der Waals surface area (Å²) in [7, 11) is -3.94. The molecule has 34 heavy (non-hydrogen) atoms. The first kappa shape index (κ1) is 22.3. The van der Waals surface area contributed by atoms with Crippen molar-refractivity contribution in [1.82, 2.24) is 14.8 Å². The highest BCUT2D eigenvalue weighted by Gasteiger charge is 2.36. The molecule has 0 saturated heterocycles. The molecule has 6 nitrogen and oxygen atoms in total. The predicted molar refractivity (Wildman–Crippen MR) is 121 cm³/mol. The summed E-state index contributed by atoms with van der Waals surface area (Å²) in [5.74, 6) is 0.268. The molecule has 2 aromatic carbocycles. The van der Waals surface area contributed by atoms with Crippen molar-refractivity contribution < 1.29 is 21.6 Å². The Morgan fingerprint density at radius 3 is 2.18 bits per heavy atom. The van der Waals surface area contributed by atoms with Crippen LogP contribution in [0, 0.1) is 0 Å². The lowest BCUT2D eigenvalue weighted by molar-refractivity contribution is -0.141. The average molecular weight is 485 g/mol. The minimum absolute atomic E-state index is 0.139. The van der Waals surface area contributed by atoms with Crippen molar-refractivity contribution in [2.45, 2.75) is 29.8 Å². The number of nitrogens with two attached hydrogens (primary N) is 1. The molecule has 1 saturated carbocycles. The molecular formula is C24H19F3N4O2S. The van der Waals surface area contributed by atoms with Crippen LogP contribution in [0.3, 0.4) is 0 Å². The van der Waals surface area contributed by atoms with Crippen LogP contribution in [0.1, 0.15) is 30.0 Å². The van der Waals surface area contributed by atoms with Crippen LogP contribution in [0.25, 0.3) is 28.1 Å². The van der Waals surface area contributed by atoms with Crippen molar-refractivity contribution in [3.63, 3.8) is 0 Å². The number of alkyl halides is 3. The Morgan fingerprint density at radius 2 is 1.59 bits per heavy atom. The van der Waals surface area contributed by atoms with Gasteiger partial charge in [0, 0.05) is 18.0 Å². The summed E-state index contributed by atoms with van der Waals surface area (Å²) in [5, 5.41) is 9.00. The van der Waals surface area contributed by atoms with Crippen LogP contribution in [-0.2, 0) is 16.2 Å². The van der Waals surface area contributed by atoms with Crippen molar-refractivity contribution in [3.05, 3.63) is 84.3 Å². The number of sulfonamides is 1. The maximum absolute atomic E-state index is 13.7. The number of benzene rings is 2. The third kappa shape index (κ3) is 4.34. The van der Waals surface area contributed by atoms with E-state index in [1.807, 2.05) is 30.3 Å². The largest absolute Gasteiger partial charge is 0.435 e. The van der Waals surface area contributed by atoms with Crippen LogP contribution in [0.2, 0.25) is 0 Å². The fraction of sp³-hybridized carbons (Fsp3) is 0.167. The number of primary sulfonamides is 1. The van der Waals surface area contributed by atoms with Gasteiger partial charge < -0.3 is 0 Å². The first-order chi connectivity index (χ1) is 16.1. The Balaban J connectivity index is 1.71. The molecule has 174 valence electrons. The number of aromatic nitrogens is 3. The monoisotopic (exact) mass is 484 g/mol. The number of nitrogens with zero attached hydrogens (tertiary/aromatic N) is 3. The number of halogens is 3. The number of hydrogen-bond acceptors (Lipinski definition) is 4. The van der Waals surface area contributed by atoms with Crippen LogP contribution in [-0.4, -0.2) is 23.2 Å². The third-order valence-corrected chi connectivity index (χ3v) is 6.70. The Hall–Kier alpha value is -3.50. The maximum Gasteiger partial charge on any atom is 0.435 e. The molecule has 1 aliphatic rings. The third-order valence-electron chi connectivity index (χ3n) is 5.77. The topological polar surface area (TPSA) is 90.9 Å². The van der Waals surface area contributed by atoms with Gasteiger partial charge in [-0.3, -0.25) is 4.98 Å². The molecule has 0 spiro atoms. The molecule has 2 aromatic heterocycles. The fourth-order valence-corrected chi connectivity index (χ4v) is 4.45. The fourth-order valence-electron chi connectivity index (χ4n) is 3.94. The zero-order valence-corrected chi connectivity index (χ0v) is 18.5. The molecule has 0 amide bonds. The molecular weight excluding hydrogens is 465 g/mol. The Labute approximate surface area is 193 Å². The molecule has 0 unspecified atom stereocenters. The van der Waals surface area contributed by atoms with E-state index in [1.54, 1.807) is 12.4 Å². The summed E-state index contributed by atoms with van der Waals surface area (Å²) in [4.78, 5) is 3.89. The van der Waals surface area contributed by atoms with Crippen LogP contribution >= 0.6 is 0 Å². The van der Waals surface area contributed by atoms with Crippen molar-refractivity contribution in [3.8, 4) is 28.1 Å². The minimum Gasteiger partial charge on any atom is -0.265 e. The van der Waals surface area contributed by atoms with Crippen molar-refractivity contribution in [2.24, 2.45) is 5.14 Å². The van der Waals surface area contributed by atoms with Crippen molar-refractivity contribution >= 4 is 10.0 Å². The molecule has 1 fully saturated rings. The van der Waals surface area contributed by atoms with E-state index in [0.717, 1.165) is 35.6 Å². The highest BCUT2D eigenvalue weighted by atomic mass is 32.2. The van der Waals surface area contributed by atoms with E-state index in [0.29, 0.717) is 5.56 Å². The number of pyridine rings is 1. The van der Waals surface area contributed by atoms with E-state index in [1.165, 1.54) is 28.9 Å². The molecule has 0 atom stereocenters. The van der Waals surface area contributed by atoms with Gasteiger partial charge in [0.1, 0.15) is 0 Å². The van der Waals surface area contributed by atoms with E-state index >= 15 is 0 Å². The summed E-state index contributed by atoms with van der Waals surface area (Å²) in [5.41, 5.74) is 2.85. The van der Waals surface area contributed by atoms with Gasteiger partial charge in [-0.2, -0.15) is 18.3 Å². The van der Waals surface area contributed by atoms with Gasteiger partial charge in [0.05, 0.1) is 16.3 Å². The van der Waals surface area contributed by atoms with Gasteiger partial charge in [0.2, 0.25) is 10.0 Å². The van der Waals surface area contributed by atoms with E-state index in [-0.39, 0.29) is 22.2 Å². The molecule has 10 heteroatoms. The van der Waals surface area contributed by atoms with Gasteiger partial charge in [-0.15, -0.1) is 0 Å². The van der Waals surface area contributed by atoms with Gasteiger partial charge in [0.15, 0.2) is 5.69 Å². The first-order valence-electron chi connectivity index (χ1n) is 10.5. The van der Waals surface area contributed by atoms with Crippen molar-refractivity contribution in [1.29, 1.82) is 0 Å². The molecule has 4 aromatic rings. The van der Waals surface area contributed by atoms with Gasteiger partial charge in [-0.25, -0.2) is 18.2 Å². The molecule has 0 radical (unpaired) electrons. The average Bonchev–Trinajstić information content (AvgIpc) is 3.55. The second-order valence-electron chi connectivity index (χ2n) is 8.18. The van der Waals surface area contributed by atoms with Crippen molar-refractivity contribution in [2.75, 3.05) is 0 Å². The predicted octanol–water partition coefficient (Wildman–Crippen LogP) is 5.14. The number of rotatable bonds is 5. The second-order valence-corrected chi connectivity index (χ2v) is 9.74. The molecule has 5 rings (SSSR count). The molecule has 1 aliphatic carbocycles. The normalized spacial score (nSPS) is 14.4. The highest BCUT2D eigenvalue weighted by molar-refractivity contribution is 7.89. The smallest absolute Gasteiger partial charge is 0.265 e. The summed E-state index contributed by atoms with van der Waals surface area (Å²) >= 11 is 0. The van der Waals surface area contributed by atoms with Gasteiger partial charge >= 0.3 is 6.18 Å². The van der Waals surface area contributed by atoms with Crippen LogP contribution < -0.4 is 5.14 Å². The SMILES string of the molecule is NS(=O)(=O)c1ccc(-n2nc(C(F)(F)F)cc2-c2cc(-c3ccncc3)ccc2C2CC2)cc1. The Bertz CT molecular complexity index is 1460. The van der Waals surface area contributed by atoms with Gasteiger partial charge in [-0.1, -0.05) is 12.1 Å². The minimum atomic E-state index is -4.65. The van der Waals surface area contributed by atoms with E-state index in [4.69, 9.17) is 5.14 Å². The lowest BCUT2D eigenvalue weighted by Gasteiger charge is -2.14. The van der Waals surface area contributed by atoms with Crippen LogP contribution in [0.4, 0.5) is 13.2 Å². The standard InChI is InChI=1S/C24H19F3N4O2S/c25-24(26,27)23-14-22(31(30-23)18-4-6-19(7-5-18)34(28,32)33)21-13-17(15-9-11-29-12-10-15)3-8-20(21)16-1-2-16/h3-14,16H,1-2H2,(H2,28,32,33). The summed E-state index contributed by atoms with van der Waals surface area (Å²) < 4.78 is 65.4. The summed E-state index contributed by atoms with van der Waals surface area (Å²) in [6, 6.07) is 15.8. The molecule has 2 N–H and O–H groups in total. The zero-order chi connectivity index (χ0) is 24.1. The van der Waals surface area contributed by atoms with E-state index in [2.05, 4.69) is 10.1 Å². The zero-order valence-electron chi connectivity index (χ0n) is 17.7. The lowest BCUT2D eigenvalue weighted by atomic mass is 9.95. The molecule has 2 heterocycles. The lowest BCUT2D eigenvalue weighted by Crippen LogP contribution is -2.12. The van der Waals surface area contributed by atoms with Crippen LogP contribution in [0.15, 0.2) is 78.0 Å². The van der Waals surface area contributed by atoms with Gasteiger partial charge in [0.25, 0.3) is 0 Å². The molecule has 0 bridgehead atoms. The summed E-state index contributed by atoms with van der Waals surface area (Å²) in [6.45, 7) is 0. The first-order valence-corrected chi connectivity index (χ1v) is 12.0. The quantitative estimate of drug-likeness (QED) is 0.424. The van der Waals surface area contributed by atoms with Gasteiger partial charge in [-0.05, 0) is 84.0 Å². The van der Waals surface area contributed by atoms with E-state index < -0.39 is 21.9 Å². The Kier molecular flexibility index (Phi) is 5.29. The van der Waals surface area contributed by atoms with E-state index in [9.17, 15) is 21.6 Å². The molecule has 0 aliphatic heterocycles. The number of hydrogen-bond donors (Lipinski definition) is 1. The Morgan fingerprint density at radius 1 is 0.912 bits per heavy atom. The second kappa shape index (κ2) is 8.07. The maximum atomic E-state index is 13.7. The van der Waals surface area contributed by atoms with Crippen LogP contribution in [0.5, 0.6) is 0 Å². The highest BCUT2D eigenvalue weighted by Crippen LogP contribution is 2.46.